The average molecular weight is 278 g/mol. The Balaban J connectivity index is 2.52. The van der Waals surface area contributed by atoms with Crippen molar-refractivity contribution < 1.29 is 28.6 Å². The molecule has 0 aliphatic carbocycles. The first-order valence-electron chi connectivity index (χ1n) is 6.11. The minimum Gasteiger partial charge on any atom is -0.459 e. The highest BCUT2D eigenvalue weighted by Crippen LogP contribution is 2.34. The van der Waals surface area contributed by atoms with Crippen LogP contribution in [-0.4, -0.2) is 24.0 Å². The van der Waals surface area contributed by atoms with Crippen LogP contribution in [0.5, 0.6) is 11.5 Å². The normalized spacial score (nSPS) is 16.9. The van der Waals surface area contributed by atoms with Crippen LogP contribution in [0, 0.1) is 0 Å². The molecule has 0 radical (unpaired) electrons. The third-order valence-corrected chi connectivity index (χ3v) is 2.69. The van der Waals surface area contributed by atoms with Crippen LogP contribution in [0.1, 0.15) is 36.7 Å². The molecule has 1 heterocycles. The molecule has 20 heavy (non-hydrogen) atoms. The molecule has 6 heteroatoms. The quantitative estimate of drug-likeness (QED) is 0.604. The van der Waals surface area contributed by atoms with Gasteiger partial charge in [-0.2, -0.15) is 0 Å². The van der Waals surface area contributed by atoms with Crippen molar-refractivity contribution in [2.45, 2.75) is 33.3 Å². The standard InChI is InChI=1S/C14H14O6/c1-7-4-10-5-11(19-8(2)15)6-12(20-9(3)16)13(10)14(17)18-7/h5-7H,4H2,1-3H3. The lowest BCUT2D eigenvalue weighted by Gasteiger charge is -2.23. The summed E-state index contributed by atoms with van der Waals surface area (Å²) in [7, 11) is 0. The van der Waals surface area contributed by atoms with Gasteiger partial charge >= 0.3 is 17.9 Å². The van der Waals surface area contributed by atoms with Crippen LogP contribution in [0.4, 0.5) is 0 Å². The fourth-order valence-electron chi connectivity index (χ4n) is 2.09. The van der Waals surface area contributed by atoms with E-state index in [1.54, 1.807) is 13.0 Å². The Hall–Kier alpha value is -2.37. The second-order valence-electron chi connectivity index (χ2n) is 4.56. The third-order valence-electron chi connectivity index (χ3n) is 2.69. The lowest BCUT2D eigenvalue weighted by atomic mass is 9.98. The van der Waals surface area contributed by atoms with E-state index in [1.807, 2.05) is 0 Å². The highest BCUT2D eigenvalue weighted by atomic mass is 16.6. The van der Waals surface area contributed by atoms with Gasteiger partial charge in [-0.1, -0.05) is 0 Å². The van der Waals surface area contributed by atoms with Gasteiger partial charge in [-0.15, -0.1) is 0 Å². The molecule has 0 spiro atoms. The molecular weight excluding hydrogens is 264 g/mol. The Labute approximate surface area is 115 Å². The Morgan fingerprint density at radius 3 is 2.45 bits per heavy atom. The van der Waals surface area contributed by atoms with Gasteiger partial charge in [-0.05, 0) is 18.6 Å². The molecule has 1 aliphatic heterocycles. The number of cyclic esters (lactones) is 1. The summed E-state index contributed by atoms with van der Waals surface area (Å²) in [5.74, 6) is -1.34. The Bertz CT molecular complexity index is 590. The zero-order valence-corrected chi connectivity index (χ0v) is 11.4. The second kappa shape index (κ2) is 5.32. The zero-order valence-electron chi connectivity index (χ0n) is 11.4. The first kappa shape index (κ1) is 14.0. The van der Waals surface area contributed by atoms with Crippen LogP contribution in [0.25, 0.3) is 0 Å². The molecule has 1 atom stereocenters. The van der Waals surface area contributed by atoms with Crippen molar-refractivity contribution in [2.75, 3.05) is 0 Å². The van der Waals surface area contributed by atoms with E-state index in [1.165, 1.54) is 19.9 Å². The van der Waals surface area contributed by atoms with Crippen molar-refractivity contribution in [2.24, 2.45) is 0 Å². The smallest absolute Gasteiger partial charge is 0.342 e. The van der Waals surface area contributed by atoms with Gasteiger partial charge in [0.05, 0.1) is 0 Å². The molecule has 0 saturated heterocycles. The maximum atomic E-state index is 11.9. The van der Waals surface area contributed by atoms with E-state index in [4.69, 9.17) is 14.2 Å². The van der Waals surface area contributed by atoms with Crippen molar-refractivity contribution >= 4 is 17.9 Å². The highest BCUT2D eigenvalue weighted by Gasteiger charge is 2.29. The second-order valence-corrected chi connectivity index (χ2v) is 4.56. The summed E-state index contributed by atoms with van der Waals surface area (Å²) in [5.41, 5.74) is 0.831. The van der Waals surface area contributed by atoms with E-state index in [-0.39, 0.29) is 23.2 Å². The van der Waals surface area contributed by atoms with E-state index in [9.17, 15) is 14.4 Å². The van der Waals surface area contributed by atoms with Gasteiger partial charge in [-0.25, -0.2) is 4.79 Å². The first-order chi connectivity index (χ1) is 9.36. The Kier molecular flexibility index (Phi) is 3.74. The molecule has 1 aromatic rings. The minimum atomic E-state index is -0.571. The largest absolute Gasteiger partial charge is 0.459 e. The molecule has 106 valence electrons. The Morgan fingerprint density at radius 2 is 1.85 bits per heavy atom. The van der Waals surface area contributed by atoms with Crippen LogP contribution in [0.3, 0.4) is 0 Å². The maximum absolute atomic E-state index is 11.9. The first-order valence-corrected chi connectivity index (χ1v) is 6.11. The summed E-state index contributed by atoms with van der Waals surface area (Å²) in [6.45, 7) is 4.24. The average Bonchev–Trinajstić information content (AvgIpc) is 2.24. The number of rotatable bonds is 2. The van der Waals surface area contributed by atoms with E-state index in [0.717, 1.165) is 0 Å². The number of carbonyl (C=O) groups excluding carboxylic acids is 3. The molecule has 0 aromatic heterocycles. The number of ether oxygens (including phenoxy) is 3. The minimum absolute atomic E-state index is 0.0446. The molecule has 0 N–H and O–H groups in total. The predicted octanol–water partition coefficient (Wildman–Crippen LogP) is 1.64. The molecule has 0 amide bonds. The molecule has 6 nitrogen and oxygen atoms in total. The Morgan fingerprint density at radius 1 is 1.20 bits per heavy atom. The summed E-state index contributed by atoms with van der Waals surface area (Å²) >= 11 is 0. The van der Waals surface area contributed by atoms with Crippen LogP contribution >= 0.6 is 0 Å². The number of carbonyl (C=O) groups is 3. The topological polar surface area (TPSA) is 78.9 Å². The van der Waals surface area contributed by atoms with Gasteiger partial charge in [0.1, 0.15) is 23.2 Å². The van der Waals surface area contributed by atoms with Gasteiger partial charge in [-0.3, -0.25) is 9.59 Å². The SMILES string of the molecule is CC(=O)Oc1cc2c(c(OC(C)=O)c1)C(=O)OC(C)C2. The summed E-state index contributed by atoms with van der Waals surface area (Å²) in [5, 5.41) is 0. The van der Waals surface area contributed by atoms with E-state index >= 15 is 0 Å². The van der Waals surface area contributed by atoms with Crippen molar-refractivity contribution in [3.63, 3.8) is 0 Å². The fraction of sp³-hybridized carbons (Fsp3) is 0.357. The van der Waals surface area contributed by atoms with E-state index in [0.29, 0.717) is 12.0 Å². The van der Waals surface area contributed by atoms with Gasteiger partial charge in [0.15, 0.2) is 0 Å². The summed E-state index contributed by atoms with van der Waals surface area (Å²) in [6.07, 6.45) is 0.178. The number of hydrogen-bond acceptors (Lipinski definition) is 6. The monoisotopic (exact) mass is 278 g/mol. The summed E-state index contributed by atoms with van der Waals surface area (Å²) in [4.78, 5) is 34.1. The van der Waals surface area contributed by atoms with Crippen LogP contribution in [-0.2, 0) is 20.7 Å². The summed E-state index contributed by atoms with van der Waals surface area (Å²) in [6, 6.07) is 2.92. The number of esters is 3. The van der Waals surface area contributed by atoms with Crippen LogP contribution < -0.4 is 9.47 Å². The summed E-state index contributed by atoms with van der Waals surface area (Å²) < 4.78 is 15.1. The van der Waals surface area contributed by atoms with Gasteiger partial charge in [0.25, 0.3) is 0 Å². The zero-order chi connectivity index (χ0) is 14.9. The fourth-order valence-corrected chi connectivity index (χ4v) is 2.09. The third kappa shape index (κ3) is 2.96. The number of fused-ring (bicyclic) bond motifs is 1. The molecule has 1 aromatic carbocycles. The predicted molar refractivity (Wildman–Crippen MR) is 67.6 cm³/mol. The van der Waals surface area contributed by atoms with E-state index < -0.39 is 17.9 Å². The lowest BCUT2D eigenvalue weighted by molar-refractivity contribution is -0.132. The number of hydrogen-bond donors (Lipinski definition) is 0. The van der Waals surface area contributed by atoms with Gasteiger partial charge < -0.3 is 14.2 Å². The van der Waals surface area contributed by atoms with Gasteiger partial charge in [0.2, 0.25) is 0 Å². The van der Waals surface area contributed by atoms with Crippen LogP contribution in [0.15, 0.2) is 12.1 Å². The van der Waals surface area contributed by atoms with Crippen molar-refractivity contribution in [1.29, 1.82) is 0 Å². The highest BCUT2D eigenvalue weighted by molar-refractivity contribution is 5.96. The molecule has 2 rings (SSSR count). The lowest BCUT2D eigenvalue weighted by Crippen LogP contribution is -2.26. The molecule has 0 saturated carbocycles. The maximum Gasteiger partial charge on any atom is 0.342 e. The molecule has 1 aliphatic rings. The van der Waals surface area contributed by atoms with Gasteiger partial charge in [0, 0.05) is 26.3 Å². The van der Waals surface area contributed by atoms with E-state index in [2.05, 4.69) is 0 Å². The number of benzene rings is 1. The van der Waals surface area contributed by atoms with Crippen molar-refractivity contribution in [3.05, 3.63) is 23.3 Å². The molecular formula is C14H14O6. The van der Waals surface area contributed by atoms with Crippen LogP contribution in [0.2, 0.25) is 0 Å². The van der Waals surface area contributed by atoms with Crippen molar-refractivity contribution in [3.8, 4) is 11.5 Å². The van der Waals surface area contributed by atoms with Crippen molar-refractivity contribution in [1.82, 2.24) is 0 Å². The molecule has 0 bridgehead atoms. The molecule has 0 fully saturated rings. The molecule has 1 unspecified atom stereocenters.